The van der Waals surface area contributed by atoms with Crippen LogP contribution in [-0.4, -0.2) is 42.2 Å². The number of hydrogen-bond acceptors (Lipinski definition) is 3. The molecule has 0 saturated carbocycles. The van der Waals surface area contributed by atoms with Gasteiger partial charge < -0.3 is 14.2 Å². The van der Waals surface area contributed by atoms with Crippen molar-refractivity contribution in [1.82, 2.24) is 4.90 Å². The van der Waals surface area contributed by atoms with Gasteiger partial charge in [0, 0.05) is 13.1 Å². The largest absolute Gasteiger partial charge is 0.494 e. The molecule has 0 spiro atoms. The van der Waals surface area contributed by atoms with Gasteiger partial charge in [0.05, 0.1) is 17.6 Å². The van der Waals surface area contributed by atoms with Crippen LogP contribution in [0, 0.1) is 5.82 Å². The second-order valence-corrected chi connectivity index (χ2v) is 7.18. The lowest BCUT2D eigenvalue weighted by molar-refractivity contribution is -0.130. The molecule has 6 heteroatoms. The van der Waals surface area contributed by atoms with Crippen molar-refractivity contribution in [2.24, 2.45) is 0 Å². The van der Waals surface area contributed by atoms with Crippen molar-refractivity contribution >= 4 is 18.5 Å². The van der Waals surface area contributed by atoms with Gasteiger partial charge in [0.1, 0.15) is 5.82 Å². The first-order valence-corrected chi connectivity index (χ1v) is 8.53. The highest BCUT2D eigenvalue weighted by Crippen LogP contribution is 2.36. The van der Waals surface area contributed by atoms with Crippen LogP contribution in [0.2, 0.25) is 0 Å². The van der Waals surface area contributed by atoms with Crippen molar-refractivity contribution in [3.8, 4) is 0 Å². The monoisotopic (exact) mass is 335 g/mol. The minimum atomic E-state index is -0.557. The van der Waals surface area contributed by atoms with Gasteiger partial charge in [-0.25, -0.2) is 4.39 Å². The number of likely N-dealkylation sites (N-methyl/N-ethyl adjacent to an activating group) is 1. The number of carbonyl (C=O) groups excluding carboxylic acids is 1. The van der Waals surface area contributed by atoms with Gasteiger partial charge in [0.15, 0.2) is 0 Å². The Morgan fingerprint density at radius 1 is 1.12 bits per heavy atom. The molecule has 2 rings (SSSR count). The minimum Gasteiger partial charge on any atom is -0.399 e. The first-order valence-electron chi connectivity index (χ1n) is 8.53. The summed E-state index contributed by atoms with van der Waals surface area (Å²) in [6.45, 7) is 13.0. The third-order valence-electron chi connectivity index (χ3n) is 5.05. The number of amides is 1. The van der Waals surface area contributed by atoms with E-state index in [-0.39, 0.29) is 18.1 Å². The molecule has 1 aliphatic heterocycles. The summed E-state index contributed by atoms with van der Waals surface area (Å²) >= 11 is 0. The van der Waals surface area contributed by atoms with E-state index in [2.05, 4.69) is 0 Å². The number of benzene rings is 1. The molecule has 1 aromatic rings. The smallest absolute Gasteiger partial charge is 0.399 e. The van der Waals surface area contributed by atoms with Crippen LogP contribution < -0.4 is 5.46 Å². The van der Waals surface area contributed by atoms with E-state index in [0.717, 1.165) is 5.46 Å². The molecule has 0 aromatic heterocycles. The first-order chi connectivity index (χ1) is 11.1. The highest BCUT2D eigenvalue weighted by molar-refractivity contribution is 6.62. The lowest BCUT2D eigenvalue weighted by Gasteiger charge is -2.32. The Morgan fingerprint density at radius 3 is 2.17 bits per heavy atom. The third kappa shape index (κ3) is 3.65. The first kappa shape index (κ1) is 18.9. The van der Waals surface area contributed by atoms with Crippen molar-refractivity contribution in [3.05, 3.63) is 29.6 Å². The molecule has 1 heterocycles. The number of halogens is 1. The molecule has 0 atom stereocenters. The molecule has 1 saturated heterocycles. The Hall–Kier alpha value is -1.40. The summed E-state index contributed by atoms with van der Waals surface area (Å²) < 4.78 is 26.1. The normalized spacial score (nSPS) is 18.7. The summed E-state index contributed by atoms with van der Waals surface area (Å²) in [5, 5.41) is 0. The maximum absolute atomic E-state index is 14.1. The summed E-state index contributed by atoms with van der Waals surface area (Å²) in [5.41, 5.74) is 0.198. The summed E-state index contributed by atoms with van der Waals surface area (Å²) in [5.74, 6) is -0.458. The van der Waals surface area contributed by atoms with Gasteiger partial charge in [-0.15, -0.1) is 0 Å². The van der Waals surface area contributed by atoms with E-state index < -0.39 is 18.3 Å². The molecule has 4 nitrogen and oxygen atoms in total. The molecule has 1 fully saturated rings. The van der Waals surface area contributed by atoms with Crippen molar-refractivity contribution in [2.75, 3.05) is 13.1 Å². The quantitative estimate of drug-likeness (QED) is 0.777. The van der Waals surface area contributed by atoms with E-state index in [0.29, 0.717) is 18.7 Å². The second kappa shape index (κ2) is 6.85. The maximum atomic E-state index is 14.1. The van der Waals surface area contributed by atoms with Crippen LogP contribution in [0.15, 0.2) is 18.2 Å². The van der Waals surface area contributed by atoms with E-state index in [1.807, 2.05) is 41.5 Å². The van der Waals surface area contributed by atoms with Crippen LogP contribution in [0.1, 0.15) is 47.1 Å². The van der Waals surface area contributed by atoms with Crippen molar-refractivity contribution < 1.29 is 18.5 Å². The van der Waals surface area contributed by atoms with Crippen LogP contribution in [0.3, 0.4) is 0 Å². The molecule has 132 valence electrons. The van der Waals surface area contributed by atoms with E-state index in [1.165, 1.54) is 6.07 Å². The van der Waals surface area contributed by atoms with Crippen molar-refractivity contribution in [1.29, 1.82) is 0 Å². The highest BCUT2D eigenvalue weighted by atomic mass is 19.1. The van der Waals surface area contributed by atoms with Gasteiger partial charge in [-0.2, -0.15) is 0 Å². The number of hydrogen-bond donors (Lipinski definition) is 0. The fraction of sp³-hybridized carbons (Fsp3) is 0.611. The third-order valence-corrected chi connectivity index (χ3v) is 5.05. The maximum Gasteiger partial charge on any atom is 0.494 e. The molecular weight excluding hydrogens is 308 g/mol. The van der Waals surface area contributed by atoms with Gasteiger partial charge in [0.25, 0.3) is 0 Å². The van der Waals surface area contributed by atoms with Gasteiger partial charge in [-0.3, -0.25) is 4.79 Å². The van der Waals surface area contributed by atoms with Crippen molar-refractivity contribution in [2.45, 2.75) is 59.2 Å². The molecule has 0 N–H and O–H groups in total. The summed E-state index contributed by atoms with van der Waals surface area (Å²) in [6.07, 6.45) is 0.0425. The molecule has 0 aliphatic carbocycles. The standard InChI is InChI=1S/C18H27BFNO3/c1-7-21(8-2)16(22)12-13-11-14(9-10-15(13)20)19-23-17(3,4)18(5,6)24-19/h9-11H,7-8,12H2,1-6H3. The number of nitrogens with zero attached hydrogens (tertiary/aromatic N) is 1. The van der Waals surface area contributed by atoms with E-state index in [4.69, 9.17) is 9.31 Å². The molecule has 1 aromatic carbocycles. The molecule has 24 heavy (non-hydrogen) atoms. The zero-order chi connectivity index (χ0) is 18.1. The number of carbonyl (C=O) groups is 1. The predicted molar refractivity (Wildman–Crippen MR) is 93.7 cm³/mol. The average molecular weight is 335 g/mol. The van der Waals surface area contributed by atoms with Crippen LogP contribution >= 0.6 is 0 Å². The van der Waals surface area contributed by atoms with Crippen LogP contribution in [0.4, 0.5) is 4.39 Å². The average Bonchev–Trinajstić information content (AvgIpc) is 2.71. The molecule has 1 aliphatic rings. The Balaban J connectivity index is 2.22. The Kier molecular flexibility index (Phi) is 5.40. The summed E-state index contributed by atoms with van der Waals surface area (Å²) in [7, 11) is -0.557. The zero-order valence-corrected chi connectivity index (χ0v) is 15.5. The van der Waals surface area contributed by atoms with E-state index in [9.17, 15) is 9.18 Å². The molecule has 1 amide bonds. The van der Waals surface area contributed by atoms with Gasteiger partial charge >= 0.3 is 7.12 Å². The minimum absolute atomic E-state index is 0.0425. The fourth-order valence-corrected chi connectivity index (χ4v) is 2.71. The topological polar surface area (TPSA) is 38.8 Å². The summed E-state index contributed by atoms with van der Waals surface area (Å²) in [6, 6.07) is 4.72. The number of rotatable bonds is 5. The lowest BCUT2D eigenvalue weighted by atomic mass is 9.78. The van der Waals surface area contributed by atoms with Gasteiger partial charge in [-0.05, 0) is 58.6 Å². The molecule has 0 bridgehead atoms. The Morgan fingerprint density at radius 2 is 1.67 bits per heavy atom. The predicted octanol–water partition coefficient (Wildman–Crippen LogP) is 2.54. The zero-order valence-electron chi connectivity index (χ0n) is 15.5. The van der Waals surface area contributed by atoms with E-state index in [1.54, 1.807) is 17.0 Å². The van der Waals surface area contributed by atoms with E-state index >= 15 is 0 Å². The summed E-state index contributed by atoms with van der Waals surface area (Å²) in [4.78, 5) is 14.0. The second-order valence-electron chi connectivity index (χ2n) is 7.18. The Bertz CT molecular complexity index is 598. The Labute approximate surface area is 144 Å². The molecule has 0 unspecified atom stereocenters. The SMILES string of the molecule is CCN(CC)C(=O)Cc1cc(B2OC(C)(C)C(C)(C)O2)ccc1F. The van der Waals surface area contributed by atoms with Gasteiger partial charge in [0.2, 0.25) is 5.91 Å². The van der Waals surface area contributed by atoms with Crippen LogP contribution in [0.25, 0.3) is 0 Å². The van der Waals surface area contributed by atoms with Crippen LogP contribution in [0.5, 0.6) is 0 Å². The highest BCUT2D eigenvalue weighted by Gasteiger charge is 2.51. The fourth-order valence-electron chi connectivity index (χ4n) is 2.71. The molecule has 0 radical (unpaired) electrons. The van der Waals surface area contributed by atoms with Crippen molar-refractivity contribution in [3.63, 3.8) is 0 Å². The van der Waals surface area contributed by atoms with Crippen LogP contribution in [-0.2, 0) is 20.5 Å². The molecular formula is C18H27BFNO3. The lowest BCUT2D eigenvalue weighted by Crippen LogP contribution is -2.41. The van der Waals surface area contributed by atoms with Gasteiger partial charge in [-0.1, -0.05) is 12.1 Å².